The van der Waals surface area contributed by atoms with Crippen molar-refractivity contribution in [1.29, 1.82) is 0 Å². The quantitative estimate of drug-likeness (QED) is 0.734. The van der Waals surface area contributed by atoms with Crippen molar-refractivity contribution < 1.29 is 4.79 Å². The second-order valence-electron chi connectivity index (χ2n) is 5.05. The summed E-state index contributed by atoms with van der Waals surface area (Å²) < 4.78 is 0. The lowest BCUT2D eigenvalue weighted by Gasteiger charge is -2.28. The van der Waals surface area contributed by atoms with Crippen molar-refractivity contribution in [2.24, 2.45) is 5.41 Å². The largest absolute Gasteiger partial charge is 0.299 e. The van der Waals surface area contributed by atoms with Gasteiger partial charge in [0.15, 0.2) is 0 Å². The van der Waals surface area contributed by atoms with Gasteiger partial charge in [0.1, 0.15) is 5.78 Å². The van der Waals surface area contributed by atoms with E-state index < -0.39 is 0 Å². The highest BCUT2D eigenvalue weighted by Crippen LogP contribution is 2.36. The molecule has 0 N–H and O–H groups in total. The molecule has 1 aliphatic rings. The van der Waals surface area contributed by atoms with Gasteiger partial charge in [-0.25, -0.2) is 0 Å². The number of hydrogen-bond donors (Lipinski definition) is 0. The maximum absolute atomic E-state index is 11.6. The van der Waals surface area contributed by atoms with Crippen molar-refractivity contribution in [1.82, 2.24) is 0 Å². The number of allylic oxidation sites excluding steroid dienone is 1. The zero-order valence-corrected chi connectivity index (χ0v) is 10.2. The van der Waals surface area contributed by atoms with Crippen molar-refractivity contribution >= 4 is 11.9 Å². The van der Waals surface area contributed by atoms with Gasteiger partial charge in [-0.1, -0.05) is 35.9 Å². The normalized spacial score (nSPS) is 15.3. The molecule has 0 bridgehead atoms. The van der Waals surface area contributed by atoms with E-state index in [1.54, 1.807) is 6.92 Å². The van der Waals surface area contributed by atoms with Gasteiger partial charge < -0.3 is 0 Å². The molecular weight excluding hydrogens is 196 g/mol. The minimum atomic E-state index is -0.312. The molecule has 84 valence electrons. The van der Waals surface area contributed by atoms with Crippen LogP contribution < -0.4 is 0 Å². The molecule has 0 amide bonds. The van der Waals surface area contributed by atoms with Gasteiger partial charge in [-0.15, -0.1) is 0 Å². The molecule has 16 heavy (non-hydrogen) atoms. The molecule has 0 saturated carbocycles. The minimum Gasteiger partial charge on any atom is -0.299 e. The first-order valence-electron chi connectivity index (χ1n) is 5.82. The Bertz CT molecular complexity index is 452. The van der Waals surface area contributed by atoms with E-state index >= 15 is 0 Å². The molecule has 1 aromatic rings. The van der Waals surface area contributed by atoms with Crippen LogP contribution in [0.3, 0.4) is 0 Å². The number of fused-ring (bicyclic) bond motifs is 1. The number of ketones is 1. The molecule has 2 rings (SSSR count). The smallest absolute Gasteiger partial charge is 0.139 e. The number of carbonyl (C=O) groups is 1. The van der Waals surface area contributed by atoms with Crippen molar-refractivity contribution in [2.45, 2.75) is 33.6 Å². The summed E-state index contributed by atoms with van der Waals surface area (Å²) in [5.74, 6) is 0.248. The summed E-state index contributed by atoms with van der Waals surface area (Å²) in [6.45, 7) is 5.73. The highest BCUT2D eigenvalue weighted by molar-refractivity contribution is 5.86. The van der Waals surface area contributed by atoms with E-state index in [1.165, 1.54) is 16.7 Å². The lowest BCUT2D eigenvalue weighted by Crippen LogP contribution is -2.25. The summed E-state index contributed by atoms with van der Waals surface area (Å²) in [7, 11) is 0. The highest BCUT2D eigenvalue weighted by atomic mass is 16.1. The third-order valence-electron chi connectivity index (χ3n) is 3.73. The standard InChI is InChI=1S/C15H18O/c1-11(16)15(2,3)14-9-8-12-6-4-5-7-13(12)10-14/h4-7,10H,8-9H2,1-3H3. The zero-order chi connectivity index (χ0) is 11.8. The molecule has 0 heterocycles. The van der Waals surface area contributed by atoms with Crippen LogP contribution in [-0.2, 0) is 11.2 Å². The number of aryl methyl sites for hydroxylation is 1. The molecule has 0 spiro atoms. The summed E-state index contributed by atoms with van der Waals surface area (Å²) in [6.07, 6.45) is 4.25. The van der Waals surface area contributed by atoms with E-state index in [9.17, 15) is 4.79 Å². The molecule has 1 heteroatoms. The Kier molecular flexibility index (Phi) is 2.71. The SMILES string of the molecule is CC(=O)C(C)(C)C1=Cc2ccccc2CC1. The summed E-state index contributed by atoms with van der Waals surface area (Å²) >= 11 is 0. The van der Waals surface area contributed by atoms with Crippen LogP contribution in [0.15, 0.2) is 29.8 Å². The highest BCUT2D eigenvalue weighted by Gasteiger charge is 2.29. The van der Waals surface area contributed by atoms with Crippen LogP contribution in [0.4, 0.5) is 0 Å². The third-order valence-corrected chi connectivity index (χ3v) is 3.73. The van der Waals surface area contributed by atoms with Gasteiger partial charge in [0, 0.05) is 5.41 Å². The molecule has 1 aliphatic carbocycles. The monoisotopic (exact) mass is 214 g/mol. The maximum Gasteiger partial charge on any atom is 0.139 e. The predicted octanol–water partition coefficient (Wildman–Crippen LogP) is 3.63. The van der Waals surface area contributed by atoms with Crippen molar-refractivity contribution in [3.63, 3.8) is 0 Å². The first-order valence-corrected chi connectivity index (χ1v) is 5.82. The van der Waals surface area contributed by atoms with Gasteiger partial charge in [0.05, 0.1) is 0 Å². The summed E-state index contributed by atoms with van der Waals surface area (Å²) in [5, 5.41) is 0. The fourth-order valence-electron chi connectivity index (χ4n) is 2.15. The molecule has 0 aromatic heterocycles. The summed E-state index contributed by atoms with van der Waals surface area (Å²) in [6, 6.07) is 8.43. The topological polar surface area (TPSA) is 17.1 Å². The van der Waals surface area contributed by atoms with Gasteiger partial charge in [0.2, 0.25) is 0 Å². The zero-order valence-electron chi connectivity index (χ0n) is 10.2. The van der Waals surface area contributed by atoms with Crippen LogP contribution in [0.2, 0.25) is 0 Å². The van der Waals surface area contributed by atoms with Crippen molar-refractivity contribution in [2.75, 3.05) is 0 Å². The summed E-state index contributed by atoms with van der Waals surface area (Å²) in [5.41, 5.74) is 3.62. The van der Waals surface area contributed by atoms with Crippen LogP contribution in [0.25, 0.3) is 6.08 Å². The van der Waals surface area contributed by atoms with Crippen molar-refractivity contribution in [3.8, 4) is 0 Å². The van der Waals surface area contributed by atoms with E-state index in [1.807, 2.05) is 13.8 Å². The minimum absolute atomic E-state index is 0.248. The molecule has 1 aromatic carbocycles. The van der Waals surface area contributed by atoms with E-state index in [4.69, 9.17) is 0 Å². The van der Waals surface area contributed by atoms with Gasteiger partial charge in [-0.05, 0) is 44.7 Å². The van der Waals surface area contributed by atoms with Gasteiger partial charge in [-0.2, -0.15) is 0 Å². The Labute approximate surface area is 97.2 Å². The molecule has 0 atom stereocenters. The molecule has 0 saturated heterocycles. The number of hydrogen-bond acceptors (Lipinski definition) is 1. The average molecular weight is 214 g/mol. The molecule has 0 aliphatic heterocycles. The number of Topliss-reactive ketones (excluding diaryl/α,β-unsaturated/α-hetero) is 1. The Morgan fingerprint density at radius 3 is 2.56 bits per heavy atom. The lowest BCUT2D eigenvalue weighted by molar-refractivity contribution is -0.123. The fourth-order valence-corrected chi connectivity index (χ4v) is 2.15. The second kappa shape index (κ2) is 3.89. The number of benzene rings is 1. The van der Waals surface area contributed by atoms with Crippen LogP contribution in [0.5, 0.6) is 0 Å². The van der Waals surface area contributed by atoms with Crippen LogP contribution in [-0.4, -0.2) is 5.78 Å². The maximum atomic E-state index is 11.6. The van der Waals surface area contributed by atoms with Crippen LogP contribution in [0, 0.1) is 5.41 Å². The number of carbonyl (C=O) groups excluding carboxylic acids is 1. The first-order chi connectivity index (χ1) is 7.51. The molecule has 0 radical (unpaired) electrons. The predicted molar refractivity (Wildman–Crippen MR) is 67.2 cm³/mol. The van der Waals surface area contributed by atoms with Crippen LogP contribution >= 0.6 is 0 Å². The first kappa shape index (κ1) is 11.1. The number of rotatable bonds is 2. The Morgan fingerprint density at radius 1 is 1.19 bits per heavy atom. The van der Waals surface area contributed by atoms with Crippen molar-refractivity contribution in [3.05, 3.63) is 41.0 Å². The lowest BCUT2D eigenvalue weighted by atomic mass is 9.75. The molecular formula is C15H18O. The van der Waals surface area contributed by atoms with E-state index in [2.05, 4.69) is 30.3 Å². The Hall–Kier alpha value is -1.37. The van der Waals surface area contributed by atoms with E-state index in [0.29, 0.717) is 0 Å². The third kappa shape index (κ3) is 1.82. The van der Waals surface area contributed by atoms with Gasteiger partial charge in [0.25, 0.3) is 0 Å². The Morgan fingerprint density at radius 2 is 1.88 bits per heavy atom. The van der Waals surface area contributed by atoms with E-state index in [0.717, 1.165) is 12.8 Å². The second-order valence-corrected chi connectivity index (χ2v) is 5.05. The fraction of sp³-hybridized carbons (Fsp3) is 0.400. The molecule has 0 unspecified atom stereocenters. The van der Waals surface area contributed by atoms with Gasteiger partial charge in [-0.3, -0.25) is 4.79 Å². The summed E-state index contributed by atoms with van der Waals surface area (Å²) in [4.78, 5) is 11.6. The average Bonchev–Trinajstić information content (AvgIpc) is 2.28. The van der Waals surface area contributed by atoms with E-state index in [-0.39, 0.29) is 11.2 Å². The van der Waals surface area contributed by atoms with Crippen LogP contribution in [0.1, 0.15) is 38.3 Å². The molecule has 0 fully saturated rings. The van der Waals surface area contributed by atoms with Gasteiger partial charge >= 0.3 is 0 Å². The molecule has 1 nitrogen and oxygen atoms in total. The Balaban J connectivity index is 2.41.